The van der Waals surface area contributed by atoms with Gasteiger partial charge in [-0.15, -0.1) is 0 Å². The number of fused-ring (bicyclic) bond motifs is 2. The van der Waals surface area contributed by atoms with Gasteiger partial charge in [-0.2, -0.15) is 0 Å². The molecule has 21 heavy (non-hydrogen) atoms. The second kappa shape index (κ2) is 6.15. The number of rotatable bonds is 3. The van der Waals surface area contributed by atoms with Crippen molar-refractivity contribution in [2.45, 2.75) is 6.54 Å². The molecular weight excluding hydrogens is 256 g/mol. The highest BCUT2D eigenvalue weighted by molar-refractivity contribution is 5.79. The molecule has 0 saturated heterocycles. The van der Waals surface area contributed by atoms with Crippen LogP contribution in [0, 0.1) is 0 Å². The monoisotopic (exact) mass is 278 g/mol. The van der Waals surface area contributed by atoms with Gasteiger partial charge in [-0.1, -0.05) is 54.6 Å². The van der Waals surface area contributed by atoms with E-state index in [0.29, 0.717) is 0 Å². The summed E-state index contributed by atoms with van der Waals surface area (Å²) in [7, 11) is 4.26. The van der Waals surface area contributed by atoms with Crippen molar-refractivity contribution >= 4 is 17.8 Å². The van der Waals surface area contributed by atoms with E-state index >= 15 is 0 Å². The SMILES string of the molecule is CN(C)CCN1Cc2ccccc2/C=C\c2ccccc21. The van der Waals surface area contributed by atoms with Crippen LogP contribution in [0.25, 0.3) is 12.2 Å². The third-order valence-electron chi connectivity index (χ3n) is 3.95. The predicted octanol–water partition coefficient (Wildman–Crippen LogP) is 3.74. The van der Waals surface area contributed by atoms with Crippen molar-refractivity contribution in [2.24, 2.45) is 0 Å². The highest BCUT2D eigenvalue weighted by Crippen LogP contribution is 2.28. The summed E-state index contributed by atoms with van der Waals surface area (Å²) in [4.78, 5) is 4.72. The molecule has 1 aliphatic rings. The van der Waals surface area contributed by atoms with Gasteiger partial charge in [-0.3, -0.25) is 0 Å². The van der Waals surface area contributed by atoms with E-state index in [0.717, 1.165) is 19.6 Å². The Labute approximate surface area is 127 Å². The minimum atomic E-state index is 0.964. The zero-order valence-corrected chi connectivity index (χ0v) is 12.8. The van der Waals surface area contributed by atoms with Crippen molar-refractivity contribution < 1.29 is 0 Å². The molecule has 2 aromatic carbocycles. The summed E-state index contributed by atoms with van der Waals surface area (Å²) in [5.74, 6) is 0. The summed E-state index contributed by atoms with van der Waals surface area (Å²) in [6.07, 6.45) is 4.47. The summed E-state index contributed by atoms with van der Waals surface area (Å²) in [6.45, 7) is 3.05. The molecular formula is C19H22N2. The van der Waals surface area contributed by atoms with Crippen LogP contribution in [-0.4, -0.2) is 32.1 Å². The minimum Gasteiger partial charge on any atom is -0.365 e. The van der Waals surface area contributed by atoms with Crippen molar-refractivity contribution in [2.75, 3.05) is 32.1 Å². The number of likely N-dealkylation sites (N-methyl/N-ethyl adjacent to an activating group) is 1. The lowest BCUT2D eigenvalue weighted by atomic mass is 10.0. The Balaban J connectivity index is 2.01. The van der Waals surface area contributed by atoms with Gasteiger partial charge in [0.2, 0.25) is 0 Å². The number of hydrogen-bond donors (Lipinski definition) is 0. The molecule has 0 aliphatic carbocycles. The zero-order chi connectivity index (χ0) is 14.7. The first-order valence-corrected chi connectivity index (χ1v) is 7.49. The van der Waals surface area contributed by atoms with E-state index in [1.807, 2.05) is 0 Å². The predicted molar refractivity (Wildman–Crippen MR) is 91.4 cm³/mol. The van der Waals surface area contributed by atoms with E-state index in [1.165, 1.54) is 22.4 Å². The smallest absolute Gasteiger partial charge is 0.0443 e. The Kier molecular flexibility index (Phi) is 4.07. The van der Waals surface area contributed by atoms with Gasteiger partial charge in [-0.25, -0.2) is 0 Å². The Hall–Kier alpha value is -2.06. The van der Waals surface area contributed by atoms with Crippen molar-refractivity contribution in [1.82, 2.24) is 4.90 Å². The molecule has 0 spiro atoms. The number of nitrogens with zero attached hydrogens (tertiary/aromatic N) is 2. The van der Waals surface area contributed by atoms with Crippen LogP contribution in [0.2, 0.25) is 0 Å². The molecule has 0 bridgehead atoms. The first-order chi connectivity index (χ1) is 10.2. The summed E-state index contributed by atoms with van der Waals surface area (Å²) in [5, 5.41) is 0. The second-order valence-electron chi connectivity index (χ2n) is 5.82. The number of anilines is 1. The first-order valence-electron chi connectivity index (χ1n) is 7.49. The summed E-state index contributed by atoms with van der Waals surface area (Å²) < 4.78 is 0. The molecule has 0 amide bonds. The zero-order valence-electron chi connectivity index (χ0n) is 12.8. The lowest BCUT2D eigenvalue weighted by molar-refractivity contribution is 0.412. The van der Waals surface area contributed by atoms with E-state index in [9.17, 15) is 0 Å². The molecule has 0 atom stereocenters. The average molecular weight is 278 g/mol. The molecule has 2 heteroatoms. The van der Waals surface area contributed by atoms with E-state index in [4.69, 9.17) is 0 Å². The topological polar surface area (TPSA) is 6.48 Å². The van der Waals surface area contributed by atoms with Gasteiger partial charge in [0.1, 0.15) is 0 Å². The van der Waals surface area contributed by atoms with Gasteiger partial charge in [0.25, 0.3) is 0 Å². The fourth-order valence-corrected chi connectivity index (χ4v) is 2.75. The number of hydrogen-bond acceptors (Lipinski definition) is 2. The normalized spacial score (nSPS) is 15.1. The Bertz CT molecular complexity index is 644. The van der Waals surface area contributed by atoms with Crippen molar-refractivity contribution in [3.8, 4) is 0 Å². The highest BCUT2D eigenvalue weighted by Gasteiger charge is 2.14. The van der Waals surface area contributed by atoms with Crippen LogP contribution in [0.4, 0.5) is 5.69 Å². The van der Waals surface area contributed by atoms with Crippen LogP contribution < -0.4 is 4.90 Å². The molecule has 1 aliphatic heterocycles. The van der Waals surface area contributed by atoms with E-state index in [-0.39, 0.29) is 0 Å². The molecule has 0 saturated carbocycles. The summed E-state index contributed by atoms with van der Waals surface area (Å²) in [5.41, 5.74) is 5.33. The van der Waals surface area contributed by atoms with E-state index in [1.54, 1.807) is 0 Å². The molecule has 108 valence electrons. The van der Waals surface area contributed by atoms with Gasteiger partial charge in [0.15, 0.2) is 0 Å². The Morgan fingerprint density at radius 3 is 2.38 bits per heavy atom. The minimum absolute atomic E-state index is 0.964. The maximum Gasteiger partial charge on any atom is 0.0443 e. The molecule has 0 aromatic heterocycles. The Morgan fingerprint density at radius 2 is 1.57 bits per heavy atom. The molecule has 3 rings (SSSR count). The summed E-state index contributed by atoms with van der Waals surface area (Å²) in [6, 6.07) is 17.3. The molecule has 2 nitrogen and oxygen atoms in total. The van der Waals surface area contributed by atoms with Crippen LogP contribution in [0.5, 0.6) is 0 Å². The van der Waals surface area contributed by atoms with Crippen LogP contribution in [0.15, 0.2) is 48.5 Å². The van der Waals surface area contributed by atoms with Crippen molar-refractivity contribution in [3.63, 3.8) is 0 Å². The number of benzene rings is 2. The van der Waals surface area contributed by atoms with Gasteiger partial charge in [0.05, 0.1) is 0 Å². The molecule has 0 unspecified atom stereocenters. The third kappa shape index (κ3) is 3.17. The lowest BCUT2D eigenvalue weighted by Crippen LogP contribution is -2.32. The third-order valence-corrected chi connectivity index (χ3v) is 3.95. The standard InChI is InChI=1S/C19H22N2/c1-20(2)13-14-21-15-18-9-4-3-7-16(18)11-12-17-8-5-6-10-19(17)21/h3-12H,13-15H2,1-2H3/b12-11-. The first kappa shape index (κ1) is 13.9. The highest BCUT2D eigenvalue weighted by atomic mass is 15.2. The quantitative estimate of drug-likeness (QED) is 0.844. The van der Waals surface area contributed by atoms with Gasteiger partial charge in [-0.05, 0) is 36.9 Å². The van der Waals surface area contributed by atoms with Crippen LogP contribution in [-0.2, 0) is 6.54 Å². The lowest BCUT2D eigenvalue weighted by Gasteiger charge is -2.29. The van der Waals surface area contributed by atoms with Crippen LogP contribution >= 0.6 is 0 Å². The maximum absolute atomic E-state index is 2.48. The van der Waals surface area contributed by atoms with E-state index in [2.05, 4.69) is 84.6 Å². The van der Waals surface area contributed by atoms with Gasteiger partial charge in [0, 0.05) is 25.3 Å². The van der Waals surface area contributed by atoms with E-state index < -0.39 is 0 Å². The van der Waals surface area contributed by atoms with Crippen LogP contribution in [0.1, 0.15) is 16.7 Å². The fraction of sp³-hybridized carbons (Fsp3) is 0.263. The molecule has 0 radical (unpaired) electrons. The van der Waals surface area contributed by atoms with Crippen molar-refractivity contribution in [1.29, 1.82) is 0 Å². The maximum atomic E-state index is 2.48. The average Bonchev–Trinajstić information content (AvgIpc) is 2.48. The van der Waals surface area contributed by atoms with Gasteiger partial charge >= 0.3 is 0 Å². The molecule has 2 aromatic rings. The molecule has 1 heterocycles. The van der Waals surface area contributed by atoms with Crippen LogP contribution in [0.3, 0.4) is 0 Å². The molecule has 0 fully saturated rings. The summed E-state index contributed by atoms with van der Waals surface area (Å²) >= 11 is 0. The fourth-order valence-electron chi connectivity index (χ4n) is 2.75. The largest absolute Gasteiger partial charge is 0.365 e. The molecule has 0 N–H and O–H groups in total. The number of para-hydroxylation sites is 1. The second-order valence-corrected chi connectivity index (χ2v) is 5.82. The van der Waals surface area contributed by atoms with Gasteiger partial charge < -0.3 is 9.80 Å². The van der Waals surface area contributed by atoms with Crippen molar-refractivity contribution in [3.05, 3.63) is 65.2 Å². The Morgan fingerprint density at radius 1 is 0.905 bits per heavy atom.